The van der Waals surface area contributed by atoms with E-state index in [-0.39, 0.29) is 16.4 Å². The summed E-state index contributed by atoms with van der Waals surface area (Å²) in [5.41, 5.74) is 1.22. The first-order valence-corrected chi connectivity index (χ1v) is 11.5. The highest BCUT2D eigenvalue weighted by molar-refractivity contribution is 7.89. The molecule has 0 radical (unpaired) electrons. The van der Waals surface area contributed by atoms with Crippen LogP contribution in [0.4, 0.5) is 10.1 Å². The summed E-state index contributed by atoms with van der Waals surface area (Å²) in [6.07, 6.45) is 2.10. The molecule has 2 aromatic carbocycles. The van der Waals surface area contributed by atoms with Gasteiger partial charge in [-0.2, -0.15) is 4.31 Å². The zero-order valence-corrected chi connectivity index (χ0v) is 17.4. The van der Waals surface area contributed by atoms with Crippen molar-refractivity contribution < 1.29 is 17.5 Å². The van der Waals surface area contributed by atoms with Gasteiger partial charge < -0.3 is 9.64 Å². The Morgan fingerprint density at radius 1 is 1.14 bits per heavy atom. The lowest BCUT2D eigenvalue weighted by molar-refractivity contribution is 0.0181. The summed E-state index contributed by atoms with van der Waals surface area (Å²) >= 11 is 0. The van der Waals surface area contributed by atoms with Gasteiger partial charge in [-0.3, -0.25) is 0 Å². The molecule has 0 aromatic heterocycles. The fourth-order valence-corrected chi connectivity index (χ4v) is 7.09. The van der Waals surface area contributed by atoms with Gasteiger partial charge >= 0.3 is 0 Å². The van der Waals surface area contributed by atoms with E-state index in [2.05, 4.69) is 17.0 Å². The van der Waals surface area contributed by atoms with Crippen LogP contribution in [0.25, 0.3) is 0 Å². The molecule has 1 spiro atoms. The second kappa shape index (κ2) is 6.44. The number of anilines is 1. The SMILES string of the molecule is CCOc1ccc(N2CC3CC4(C[C@@H]24)C3N(C)S(=O)(=O)c2ccc(F)cc2)cc1. The topological polar surface area (TPSA) is 49.9 Å². The second-order valence-electron chi connectivity index (χ2n) is 8.42. The number of rotatable bonds is 6. The van der Waals surface area contributed by atoms with Gasteiger partial charge in [-0.1, -0.05) is 0 Å². The van der Waals surface area contributed by atoms with Crippen molar-refractivity contribution in [1.29, 1.82) is 0 Å². The summed E-state index contributed by atoms with van der Waals surface area (Å²) < 4.78 is 46.5. The van der Waals surface area contributed by atoms with E-state index < -0.39 is 15.8 Å². The van der Waals surface area contributed by atoms with Gasteiger partial charge in [0.2, 0.25) is 10.0 Å². The Balaban J connectivity index is 1.35. The number of fused-ring (bicyclic) bond motifs is 1. The maximum absolute atomic E-state index is 13.2. The largest absolute Gasteiger partial charge is 0.494 e. The van der Waals surface area contributed by atoms with Crippen molar-refractivity contribution in [2.24, 2.45) is 11.3 Å². The fourth-order valence-electron chi connectivity index (χ4n) is 5.60. The molecule has 4 atom stereocenters. The average Bonchev–Trinajstić information content (AvgIpc) is 3.47. The highest BCUT2D eigenvalue weighted by Gasteiger charge is 2.75. The van der Waals surface area contributed by atoms with Crippen LogP contribution in [0.15, 0.2) is 53.4 Å². The number of benzene rings is 2. The molecule has 29 heavy (non-hydrogen) atoms. The van der Waals surface area contributed by atoms with Gasteiger partial charge in [0.15, 0.2) is 0 Å². The van der Waals surface area contributed by atoms with Gasteiger partial charge in [-0.25, -0.2) is 12.8 Å². The highest BCUT2D eigenvalue weighted by atomic mass is 32.2. The minimum atomic E-state index is -3.63. The Bertz CT molecular complexity index is 1030. The Morgan fingerprint density at radius 2 is 1.83 bits per heavy atom. The van der Waals surface area contributed by atoms with Crippen molar-refractivity contribution in [3.8, 4) is 5.75 Å². The number of hydrogen-bond donors (Lipinski definition) is 0. The molecule has 6 rings (SSSR count). The van der Waals surface area contributed by atoms with Crippen LogP contribution in [0.1, 0.15) is 19.8 Å². The zero-order chi connectivity index (χ0) is 20.4. The van der Waals surface area contributed by atoms with E-state index in [1.165, 1.54) is 30.0 Å². The lowest BCUT2D eigenvalue weighted by Gasteiger charge is -2.56. The van der Waals surface area contributed by atoms with Crippen LogP contribution < -0.4 is 9.64 Å². The van der Waals surface area contributed by atoms with Crippen molar-refractivity contribution >= 4 is 15.7 Å². The fraction of sp³-hybridized carbons (Fsp3) is 0.455. The molecule has 2 heterocycles. The molecule has 2 aliphatic heterocycles. The van der Waals surface area contributed by atoms with Crippen molar-refractivity contribution in [1.82, 2.24) is 4.31 Å². The lowest BCUT2D eigenvalue weighted by Crippen LogP contribution is -2.65. The minimum absolute atomic E-state index is 0.0153. The van der Waals surface area contributed by atoms with Crippen LogP contribution in [-0.4, -0.2) is 45.0 Å². The Kier molecular flexibility index (Phi) is 4.19. The van der Waals surface area contributed by atoms with Crippen molar-refractivity contribution in [3.63, 3.8) is 0 Å². The predicted octanol–water partition coefficient (Wildman–Crippen LogP) is 3.51. The van der Waals surface area contributed by atoms with E-state index >= 15 is 0 Å². The smallest absolute Gasteiger partial charge is 0.243 e. The highest BCUT2D eigenvalue weighted by Crippen LogP contribution is 2.71. The molecule has 154 valence electrons. The van der Waals surface area contributed by atoms with E-state index in [0.29, 0.717) is 18.6 Å². The Morgan fingerprint density at radius 3 is 2.48 bits per heavy atom. The first-order chi connectivity index (χ1) is 13.9. The molecule has 4 aliphatic rings. The predicted molar refractivity (Wildman–Crippen MR) is 109 cm³/mol. The van der Waals surface area contributed by atoms with Gasteiger partial charge in [-0.15, -0.1) is 0 Å². The van der Waals surface area contributed by atoms with Gasteiger partial charge in [-0.05, 0) is 74.2 Å². The number of nitrogens with zero attached hydrogens (tertiary/aromatic N) is 2. The minimum Gasteiger partial charge on any atom is -0.494 e. The first-order valence-electron chi connectivity index (χ1n) is 10.1. The lowest BCUT2D eigenvalue weighted by atomic mass is 9.63. The normalized spacial score (nSPS) is 29.9. The molecule has 5 nitrogen and oxygen atoms in total. The van der Waals surface area contributed by atoms with Gasteiger partial charge in [0.25, 0.3) is 0 Å². The number of piperidine rings is 2. The van der Waals surface area contributed by atoms with Crippen molar-refractivity contribution in [2.75, 3.05) is 25.1 Å². The summed E-state index contributed by atoms with van der Waals surface area (Å²) in [4.78, 5) is 2.59. The monoisotopic (exact) mass is 416 g/mol. The average molecular weight is 417 g/mol. The third-order valence-electron chi connectivity index (χ3n) is 6.92. The van der Waals surface area contributed by atoms with E-state index in [9.17, 15) is 12.8 Å². The number of ether oxygens (including phenoxy) is 1. The molecule has 2 saturated heterocycles. The molecule has 4 fully saturated rings. The summed E-state index contributed by atoms with van der Waals surface area (Å²) in [6.45, 7) is 3.47. The molecular weight excluding hydrogens is 391 g/mol. The van der Waals surface area contributed by atoms with Gasteiger partial charge in [0.1, 0.15) is 11.6 Å². The third-order valence-corrected chi connectivity index (χ3v) is 8.78. The van der Waals surface area contributed by atoms with Crippen LogP contribution >= 0.6 is 0 Å². The molecule has 7 heteroatoms. The summed E-state index contributed by atoms with van der Waals surface area (Å²) in [7, 11) is -1.95. The van der Waals surface area contributed by atoms with Crippen molar-refractivity contribution in [2.45, 2.75) is 36.7 Å². The van der Waals surface area contributed by atoms with Gasteiger partial charge in [0.05, 0.1) is 11.5 Å². The molecule has 2 aromatic rings. The van der Waals surface area contributed by atoms with Crippen LogP contribution in [0.2, 0.25) is 0 Å². The maximum atomic E-state index is 13.2. The van der Waals surface area contributed by atoms with Crippen LogP contribution in [0.3, 0.4) is 0 Å². The van der Waals surface area contributed by atoms with Crippen LogP contribution in [0.5, 0.6) is 5.75 Å². The maximum Gasteiger partial charge on any atom is 0.243 e. The number of sulfonamides is 1. The molecule has 2 saturated carbocycles. The molecule has 2 aliphatic carbocycles. The van der Waals surface area contributed by atoms with Crippen LogP contribution in [-0.2, 0) is 10.0 Å². The quantitative estimate of drug-likeness (QED) is 0.723. The summed E-state index contributed by atoms with van der Waals surface area (Å²) in [6, 6.07) is 13.7. The van der Waals surface area contributed by atoms with Gasteiger partial charge in [0, 0.05) is 36.8 Å². The standard InChI is InChI=1S/C22H25FN2O3S/c1-3-28-18-8-6-17(7-9-18)25-14-15-12-22(13-20(22)25)21(15)24(2)29(26,27)19-10-4-16(23)5-11-19/h4-11,15,20-21H,3,12-14H2,1-2H3/t15?,20-,21?,22?/m1/s1. The van der Waals surface area contributed by atoms with E-state index in [1.807, 2.05) is 19.1 Å². The summed E-state index contributed by atoms with van der Waals surface area (Å²) in [5.74, 6) is 0.742. The third kappa shape index (κ3) is 2.78. The molecular formula is C22H25FN2O3S. The van der Waals surface area contributed by atoms with E-state index in [0.717, 1.165) is 25.1 Å². The number of hydrogen-bond acceptors (Lipinski definition) is 4. The molecule has 0 amide bonds. The number of halogens is 1. The summed E-state index contributed by atoms with van der Waals surface area (Å²) in [5, 5.41) is 0. The Labute approximate surface area is 171 Å². The Hall–Kier alpha value is -2.12. The molecule has 0 N–H and O–H groups in total. The zero-order valence-electron chi connectivity index (χ0n) is 16.6. The second-order valence-corrected chi connectivity index (χ2v) is 10.4. The first kappa shape index (κ1) is 18.9. The van der Waals surface area contributed by atoms with Crippen molar-refractivity contribution in [3.05, 3.63) is 54.3 Å². The molecule has 3 unspecified atom stereocenters. The van der Waals surface area contributed by atoms with Crippen LogP contribution in [0, 0.1) is 17.2 Å². The van der Waals surface area contributed by atoms with E-state index in [1.54, 1.807) is 11.4 Å². The van der Waals surface area contributed by atoms with E-state index in [4.69, 9.17) is 4.74 Å². The molecule has 2 bridgehead atoms.